The lowest BCUT2D eigenvalue weighted by molar-refractivity contribution is -0.385. The summed E-state index contributed by atoms with van der Waals surface area (Å²) in [6, 6.07) is 2.10. The van der Waals surface area contributed by atoms with E-state index in [1.807, 2.05) is 0 Å². The number of alkyl halides is 2. The second kappa shape index (κ2) is 4.84. The van der Waals surface area contributed by atoms with Gasteiger partial charge in [0, 0.05) is 10.5 Å². The van der Waals surface area contributed by atoms with Gasteiger partial charge in [-0.25, -0.2) is 0 Å². The number of hydrogen-bond donors (Lipinski definition) is 0. The van der Waals surface area contributed by atoms with Crippen LogP contribution in [-0.2, 0) is 0 Å². The summed E-state index contributed by atoms with van der Waals surface area (Å²) in [5, 5.41) is 10.4. The van der Waals surface area contributed by atoms with E-state index in [4.69, 9.17) is 0 Å². The topological polar surface area (TPSA) is 52.4 Å². The molecule has 0 heterocycles. The number of rotatable bonds is 3. The van der Waals surface area contributed by atoms with Crippen molar-refractivity contribution in [2.24, 2.45) is 0 Å². The third-order valence-corrected chi connectivity index (χ3v) is 3.38. The molecule has 1 aromatic rings. The lowest BCUT2D eigenvalue weighted by Gasteiger charge is -2.07. The quantitative estimate of drug-likeness (QED) is 0.619. The molecular weight excluding hydrogens is 344 g/mol. The average molecular weight is 347 g/mol. The molecule has 0 unspecified atom stereocenters. The highest BCUT2D eigenvalue weighted by Gasteiger charge is 2.17. The summed E-state index contributed by atoms with van der Waals surface area (Å²) in [6.45, 7) is -3.03. The van der Waals surface area contributed by atoms with Gasteiger partial charge in [-0.2, -0.15) is 8.78 Å². The fourth-order valence-corrected chi connectivity index (χ4v) is 1.59. The van der Waals surface area contributed by atoms with Gasteiger partial charge in [-0.1, -0.05) is 0 Å². The normalized spacial score (nSPS) is 10.5. The van der Waals surface area contributed by atoms with Gasteiger partial charge in [-0.3, -0.25) is 10.1 Å². The van der Waals surface area contributed by atoms with Crippen LogP contribution in [0.1, 0.15) is 0 Å². The summed E-state index contributed by atoms with van der Waals surface area (Å²) >= 11 is 5.94. The summed E-state index contributed by atoms with van der Waals surface area (Å²) in [4.78, 5) is 9.73. The zero-order chi connectivity index (χ0) is 11.6. The molecular formula is C7H3Br2F2NO3. The van der Waals surface area contributed by atoms with Crippen LogP contribution >= 0.6 is 31.9 Å². The number of ether oxygens (including phenoxy) is 1. The monoisotopic (exact) mass is 345 g/mol. The fraction of sp³-hybridized carbons (Fsp3) is 0.143. The van der Waals surface area contributed by atoms with Gasteiger partial charge in [0.05, 0.1) is 15.5 Å². The van der Waals surface area contributed by atoms with E-state index in [1.54, 1.807) is 0 Å². The van der Waals surface area contributed by atoms with Crippen LogP contribution in [-0.4, -0.2) is 11.5 Å². The van der Waals surface area contributed by atoms with Crippen LogP contribution in [0.3, 0.4) is 0 Å². The second-order valence-electron chi connectivity index (χ2n) is 2.38. The van der Waals surface area contributed by atoms with E-state index < -0.39 is 11.5 Å². The van der Waals surface area contributed by atoms with Crippen molar-refractivity contribution in [1.82, 2.24) is 0 Å². The van der Waals surface area contributed by atoms with Gasteiger partial charge in [0.1, 0.15) is 5.75 Å². The Morgan fingerprint density at radius 2 is 2.00 bits per heavy atom. The number of nitro benzene ring substituents is 1. The molecule has 15 heavy (non-hydrogen) atoms. The zero-order valence-corrected chi connectivity index (χ0v) is 10.1. The third-order valence-electron chi connectivity index (χ3n) is 1.41. The highest BCUT2D eigenvalue weighted by molar-refractivity contribution is 9.13. The Morgan fingerprint density at radius 1 is 1.40 bits per heavy atom. The molecule has 4 nitrogen and oxygen atoms in total. The Balaban J connectivity index is 3.19. The van der Waals surface area contributed by atoms with Gasteiger partial charge >= 0.3 is 6.61 Å². The maximum atomic E-state index is 11.9. The van der Waals surface area contributed by atoms with Crippen molar-refractivity contribution in [3.8, 4) is 5.75 Å². The van der Waals surface area contributed by atoms with Crippen molar-refractivity contribution in [2.45, 2.75) is 6.61 Å². The molecule has 0 aromatic heterocycles. The van der Waals surface area contributed by atoms with Gasteiger partial charge in [0.2, 0.25) is 0 Å². The lowest BCUT2D eigenvalue weighted by atomic mass is 10.3. The van der Waals surface area contributed by atoms with Crippen molar-refractivity contribution in [2.75, 3.05) is 0 Å². The largest absolute Gasteiger partial charge is 0.433 e. The maximum Gasteiger partial charge on any atom is 0.387 e. The summed E-state index contributed by atoms with van der Waals surface area (Å²) in [6.07, 6.45) is 0. The molecule has 0 amide bonds. The molecule has 0 bridgehead atoms. The number of non-ortho nitro benzene ring substituents is 1. The van der Waals surface area contributed by atoms with Crippen LogP contribution < -0.4 is 4.74 Å². The number of benzene rings is 1. The molecule has 0 N–H and O–H groups in total. The minimum absolute atomic E-state index is 0.202. The van der Waals surface area contributed by atoms with E-state index in [2.05, 4.69) is 36.6 Å². The highest BCUT2D eigenvalue weighted by Crippen LogP contribution is 2.37. The first-order valence-electron chi connectivity index (χ1n) is 3.50. The first-order valence-corrected chi connectivity index (χ1v) is 5.08. The van der Waals surface area contributed by atoms with Crippen LogP contribution in [0.25, 0.3) is 0 Å². The van der Waals surface area contributed by atoms with Crippen molar-refractivity contribution in [3.63, 3.8) is 0 Å². The van der Waals surface area contributed by atoms with Crippen LogP contribution in [0.15, 0.2) is 21.1 Å². The number of nitrogens with zero attached hydrogens (tertiary/aromatic N) is 1. The molecule has 0 aliphatic rings. The Bertz CT molecular complexity index is 400. The summed E-state index contributed by atoms with van der Waals surface area (Å²) in [7, 11) is 0. The Hall–Kier alpha value is -0.760. The number of hydrogen-bond acceptors (Lipinski definition) is 3. The van der Waals surface area contributed by atoms with Crippen molar-refractivity contribution in [1.29, 1.82) is 0 Å². The van der Waals surface area contributed by atoms with Gasteiger partial charge in [-0.15, -0.1) is 0 Å². The molecule has 0 spiro atoms. The molecule has 8 heteroatoms. The first-order chi connectivity index (χ1) is 6.91. The van der Waals surface area contributed by atoms with Crippen LogP contribution in [0.2, 0.25) is 0 Å². The van der Waals surface area contributed by atoms with Crippen LogP contribution in [0.5, 0.6) is 5.75 Å². The van der Waals surface area contributed by atoms with Crippen LogP contribution in [0, 0.1) is 10.1 Å². The van der Waals surface area contributed by atoms with Gasteiger partial charge in [-0.05, 0) is 31.9 Å². The zero-order valence-electron chi connectivity index (χ0n) is 6.92. The van der Waals surface area contributed by atoms with E-state index in [9.17, 15) is 18.9 Å². The predicted octanol–water partition coefficient (Wildman–Crippen LogP) is 3.72. The molecule has 0 radical (unpaired) electrons. The number of halogens is 4. The van der Waals surface area contributed by atoms with E-state index >= 15 is 0 Å². The Labute approximate surface area is 99.6 Å². The van der Waals surface area contributed by atoms with Crippen LogP contribution in [0.4, 0.5) is 14.5 Å². The molecule has 0 aliphatic carbocycles. The van der Waals surface area contributed by atoms with Crippen molar-refractivity contribution < 1.29 is 18.4 Å². The van der Waals surface area contributed by atoms with Gasteiger partial charge in [0.25, 0.3) is 5.69 Å². The van der Waals surface area contributed by atoms with Crippen molar-refractivity contribution in [3.05, 3.63) is 31.2 Å². The molecule has 82 valence electrons. The number of nitro groups is 1. The third kappa shape index (κ3) is 3.10. The molecule has 0 fully saturated rings. The Morgan fingerprint density at radius 3 is 2.47 bits per heavy atom. The van der Waals surface area contributed by atoms with E-state index in [0.29, 0.717) is 0 Å². The SMILES string of the molecule is O=[N+]([O-])c1cc(Br)c(Br)c(OC(F)F)c1. The standard InChI is InChI=1S/C7H3Br2F2NO3/c8-4-1-3(12(13)14)2-5(6(4)9)15-7(10)11/h1-2,7H. The van der Waals surface area contributed by atoms with Gasteiger partial charge in [0.15, 0.2) is 0 Å². The summed E-state index contributed by atoms with van der Waals surface area (Å²) < 4.78 is 28.4. The van der Waals surface area contributed by atoms with E-state index in [1.165, 1.54) is 6.07 Å². The summed E-state index contributed by atoms with van der Waals surface area (Å²) in [5.41, 5.74) is -0.333. The molecule has 0 saturated carbocycles. The fourth-order valence-electron chi connectivity index (χ4n) is 0.837. The molecule has 0 atom stereocenters. The van der Waals surface area contributed by atoms with E-state index in [-0.39, 0.29) is 20.4 Å². The molecule has 1 rings (SSSR count). The van der Waals surface area contributed by atoms with E-state index in [0.717, 1.165) is 6.07 Å². The Kier molecular flexibility index (Phi) is 3.97. The minimum atomic E-state index is -3.03. The second-order valence-corrected chi connectivity index (χ2v) is 4.02. The predicted molar refractivity (Wildman–Crippen MR) is 55.1 cm³/mol. The first kappa shape index (κ1) is 12.3. The molecule has 0 saturated heterocycles. The molecule has 0 aliphatic heterocycles. The average Bonchev–Trinajstić information content (AvgIpc) is 2.11. The van der Waals surface area contributed by atoms with Crippen molar-refractivity contribution >= 4 is 37.5 Å². The minimum Gasteiger partial charge on any atom is -0.433 e. The lowest BCUT2D eigenvalue weighted by Crippen LogP contribution is -2.03. The smallest absolute Gasteiger partial charge is 0.387 e. The van der Waals surface area contributed by atoms with Gasteiger partial charge < -0.3 is 4.74 Å². The molecule has 1 aromatic carbocycles. The summed E-state index contributed by atoms with van der Waals surface area (Å²) in [5.74, 6) is -0.286. The highest BCUT2D eigenvalue weighted by atomic mass is 79.9. The maximum absolute atomic E-state index is 11.9.